The van der Waals surface area contributed by atoms with E-state index in [9.17, 15) is 4.79 Å². The Bertz CT molecular complexity index is 336. The zero-order valence-electron chi connectivity index (χ0n) is 9.58. The normalized spacial score (nSPS) is 10.4. The van der Waals surface area contributed by atoms with Gasteiger partial charge in [-0.05, 0) is 31.2 Å². The highest BCUT2D eigenvalue weighted by atomic mass is 16.1. The van der Waals surface area contributed by atoms with E-state index in [4.69, 9.17) is 0 Å². The van der Waals surface area contributed by atoms with Crippen molar-refractivity contribution in [2.75, 3.05) is 26.0 Å². The third kappa shape index (κ3) is 3.36. The highest BCUT2D eigenvalue weighted by Gasteiger charge is 2.04. The molecular formula is C12H18N2O. The van der Waals surface area contributed by atoms with Crippen molar-refractivity contribution in [2.45, 2.75) is 13.5 Å². The smallest absolute Gasteiger partial charge is 0.133 e. The van der Waals surface area contributed by atoms with E-state index in [1.54, 1.807) is 0 Å². The minimum atomic E-state index is 0.469. The van der Waals surface area contributed by atoms with Gasteiger partial charge in [0, 0.05) is 19.3 Å². The van der Waals surface area contributed by atoms with E-state index in [1.807, 2.05) is 19.0 Å². The summed E-state index contributed by atoms with van der Waals surface area (Å²) < 4.78 is 0. The second kappa shape index (κ2) is 5.51. The molecule has 0 saturated heterocycles. The van der Waals surface area contributed by atoms with Crippen LogP contribution in [0.3, 0.4) is 0 Å². The molecule has 15 heavy (non-hydrogen) atoms. The topological polar surface area (TPSA) is 32.3 Å². The molecule has 0 saturated carbocycles. The number of rotatable bonds is 5. The molecule has 3 heteroatoms. The molecule has 1 aromatic carbocycles. The van der Waals surface area contributed by atoms with Gasteiger partial charge in [0.25, 0.3) is 0 Å². The van der Waals surface area contributed by atoms with Crippen molar-refractivity contribution in [2.24, 2.45) is 0 Å². The third-order valence-electron chi connectivity index (χ3n) is 2.36. The Morgan fingerprint density at radius 2 is 2.20 bits per heavy atom. The van der Waals surface area contributed by atoms with Gasteiger partial charge in [-0.3, -0.25) is 4.90 Å². The first-order valence-corrected chi connectivity index (χ1v) is 5.07. The van der Waals surface area contributed by atoms with Crippen LogP contribution in [0.2, 0.25) is 0 Å². The van der Waals surface area contributed by atoms with Gasteiger partial charge in [0.2, 0.25) is 0 Å². The van der Waals surface area contributed by atoms with E-state index in [-0.39, 0.29) is 0 Å². The van der Waals surface area contributed by atoms with Gasteiger partial charge < -0.3 is 10.1 Å². The molecule has 0 fully saturated rings. The number of carbonyl (C=O) groups excluding carboxylic acids is 1. The highest BCUT2D eigenvalue weighted by Crippen LogP contribution is 2.18. The molecule has 0 aromatic heterocycles. The number of hydrogen-bond donors (Lipinski definition) is 1. The summed E-state index contributed by atoms with van der Waals surface area (Å²) in [7, 11) is 3.85. The fourth-order valence-electron chi connectivity index (χ4n) is 1.54. The average Bonchev–Trinajstić information content (AvgIpc) is 2.21. The highest BCUT2D eigenvalue weighted by molar-refractivity contribution is 5.54. The summed E-state index contributed by atoms with van der Waals surface area (Å²) in [6.45, 7) is 3.33. The van der Waals surface area contributed by atoms with Gasteiger partial charge in [0.05, 0.1) is 6.54 Å². The lowest BCUT2D eigenvalue weighted by molar-refractivity contribution is -0.108. The Kier molecular flexibility index (Phi) is 4.31. The first kappa shape index (κ1) is 11.7. The number of carbonyl (C=O) groups is 1. The minimum Gasteiger partial charge on any atom is -0.388 e. The standard InChI is InChI=1S/C12H18N2O/c1-10-4-5-11(12(8-10)13-2)9-14(3)6-7-15/h4-5,7-8,13H,6,9H2,1-3H3. The Morgan fingerprint density at radius 3 is 2.80 bits per heavy atom. The van der Waals surface area contributed by atoms with Gasteiger partial charge in [-0.25, -0.2) is 0 Å². The van der Waals surface area contributed by atoms with Crippen LogP contribution in [0, 0.1) is 6.92 Å². The van der Waals surface area contributed by atoms with Crippen LogP contribution in [0.25, 0.3) is 0 Å². The Balaban J connectivity index is 2.79. The molecule has 0 aliphatic carbocycles. The maximum absolute atomic E-state index is 10.4. The third-order valence-corrected chi connectivity index (χ3v) is 2.36. The molecule has 1 aromatic rings. The number of nitrogens with one attached hydrogen (secondary N) is 1. The summed E-state index contributed by atoms with van der Waals surface area (Å²) in [4.78, 5) is 12.3. The maximum atomic E-state index is 10.4. The van der Waals surface area contributed by atoms with Crippen LogP contribution < -0.4 is 5.32 Å². The van der Waals surface area contributed by atoms with E-state index in [1.165, 1.54) is 11.1 Å². The molecule has 0 unspecified atom stereocenters. The van der Waals surface area contributed by atoms with Gasteiger partial charge in [0.1, 0.15) is 6.29 Å². The molecule has 0 bridgehead atoms. The van der Waals surface area contributed by atoms with E-state index < -0.39 is 0 Å². The lowest BCUT2D eigenvalue weighted by Gasteiger charge is -2.16. The molecule has 0 aliphatic heterocycles. The largest absolute Gasteiger partial charge is 0.388 e. The van der Waals surface area contributed by atoms with Crippen molar-refractivity contribution in [1.82, 2.24) is 4.90 Å². The van der Waals surface area contributed by atoms with Crippen LogP contribution in [0.15, 0.2) is 18.2 Å². The molecule has 0 aliphatic rings. The Morgan fingerprint density at radius 1 is 1.47 bits per heavy atom. The van der Waals surface area contributed by atoms with Crippen molar-refractivity contribution in [3.8, 4) is 0 Å². The summed E-state index contributed by atoms with van der Waals surface area (Å²) >= 11 is 0. The average molecular weight is 206 g/mol. The number of hydrogen-bond acceptors (Lipinski definition) is 3. The van der Waals surface area contributed by atoms with Crippen LogP contribution in [0.4, 0.5) is 5.69 Å². The number of aldehydes is 1. The molecule has 1 rings (SSSR count). The number of likely N-dealkylation sites (N-methyl/N-ethyl adjacent to an activating group) is 1. The molecular weight excluding hydrogens is 188 g/mol. The van der Waals surface area contributed by atoms with Crippen LogP contribution in [0.5, 0.6) is 0 Å². The number of aryl methyl sites for hydroxylation is 1. The Labute approximate surface area is 91.1 Å². The summed E-state index contributed by atoms with van der Waals surface area (Å²) in [5.74, 6) is 0. The predicted octanol–water partition coefficient (Wildman–Crippen LogP) is 1.67. The van der Waals surface area contributed by atoms with E-state index in [0.29, 0.717) is 6.54 Å². The molecule has 0 spiro atoms. The zero-order chi connectivity index (χ0) is 11.3. The van der Waals surface area contributed by atoms with Crippen molar-refractivity contribution in [3.63, 3.8) is 0 Å². The SMILES string of the molecule is CNc1cc(C)ccc1CN(C)CC=O. The molecule has 1 N–H and O–H groups in total. The van der Waals surface area contributed by atoms with E-state index >= 15 is 0 Å². The second-order valence-corrected chi connectivity index (χ2v) is 3.77. The molecule has 3 nitrogen and oxygen atoms in total. The maximum Gasteiger partial charge on any atom is 0.133 e. The number of benzene rings is 1. The van der Waals surface area contributed by atoms with Crippen molar-refractivity contribution in [3.05, 3.63) is 29.3 Å². The summed E-state index contributed by atoms with van der Waals surface area (Å²) in [5, 5.41) is 3.17. The van der Waals surface area contributed by atoms with Gasteiger partial charge in [-0.2, -0.15) is 0 Å². The van der Waals surface area contributed by atoms with Gasteiger partial charge >= 0.3 is 0 Å². The summed E-state index contributed by atoms with van der Waals surface area (Å²) in [5.41, 5.74) is 3.58. The second-order valence-electron chi connectivity index (χ2n) is 3.77. The minimum absolute atomic E-state index is 0.469. The van der Waals surface area contributed by atoms with Crippen molar-refractivity contribution < 1.29 is 4.79 Å². The zero-order valence-corrected chi connectivity index (χ0v) is 9.58. The van der Waals surface area contributed by atoms with Crippen molar-refractivity contribution in [1.29, 1.82) is 0 Å². The molecule has 0 atom stereocenters. The van der Waals surface area contributed by atoms with Crippen LogP contribution >= 0.6 is 0 Å². The van der Waals surface area contributed by atoms with E-state index in [0.717, 1.165) is 18.5 Å². The first-order valence-electron chi connectivity index (χ1n) is 5.07. The summed E-state index contributed by atoms with van der Waals surface area (Å²) in [6.07, 6.45) is 0.924. The number of nitrogens with zero attached hydrogens (tertiary/aromatic N) is 1. The van der Waals surface area contributed by atoms with Crippen molar-refractivity contribution >= 4 is 12.0 Å². The van der Waals surface area contributed by atoms with Gasteiger partial charge in [-0.15, -0.1) is 0 Å². The molecule has 0 radical (unpaired) electrons. The lowest BCUT2D eigenvalue weighted by Crippen LogP contribution is -2.20. The molecule has 0 heterocycles. The van der Waals surface area contributed by atoms with E-state index in [2.05, 4.69) is 30.4 Å². The quantitative estimate of drug-likeness (QED) is 0.744. The van der Waals surface area contributed by atoms with Crippen LogP contribution in [-0.4, -0.2) is 31.8 Å². The number of anilines is 1. The van der Waals surface area contributed by atoms with Gasteiger partial charge in [-0.1, -0.05) is 12.1 Å². The molecule has 0 amide bonds. The van der Waals surface area contributed by atoms with Gasteiger partial charge in [0.15, 0.2) is 0 Å². The predicted molar refractivity (Wildman–Crippen MR) is 63.1 cm³/mol. The lowest BCUT2D eigenvalue weighted by atomic mass is 10.1. The Hall–Kier alpha value is -1.35. The van der Waals surface area contributed by atoms with Crippen LogP contribution in [-0.2, 0) is 11.3 Å². The summed E-state index contributed by atoms with van der Waals surface area (Å²) in [6, 6.07) is 6.30. The van der Waals surface area contributed by atoms with Crippen LogP contribution in [0.1, 0.15) is 11.1 Å². The fraction of sp³-hybridized carbons (Fsp3) is 0.417. The fourth-order valence-corrected chi connectivity index (χ4v) is 1.54. The molecule has 82 valence electrons. The first-order chi connectivity index (χ1) is 7.17. The monoisotopic (exact) mass is 206 g/mol.